The fourth-order valence-electron chi connectivity index (χ4n) is 3.41. The Labute approximate surface area is 152 Å². The summed E-state index contributed by atoms with van der Waals surface area (Å²) in [6, 6.07) is -0.359. The number of carbonyl (C=O) groups is 2. The third-order valence-electron chi connectivity index (χ3n) is 5.13. The SMILES string of the molecule is CC(C)c1noc([C@@H]2CCCN(C(=O)NC3(C(=O)O)CCOCC3)C2)n1. The molecule has 2 saturated heterocycles. The number of aromatic nitrogens is 2. The molecule has 3 heterocycles. The molecular weight excluding hydrogens is 340 g/mol. The molecule has 2 aliphatic heterocycles. The maximum atomic E-state index is 12.7. The van der Waals surface area contributed by atoms with Crippen LogP contribution in [0.2, 0.25) is 0 Å². The van der Waals surface area contributed by atoms with Crippen molar-refractivity contribution in [2.45, 2.75) is 56.9 Å². The van der Waals surface area contributed by atoms with Gasteiger partial charge in [-0.15, -0.1) is 0 Å². The highest BCUT2D eigenvalue weighted by Crippen LogP contribution is 2.28. The molecule has 2 fully saturated rings. The summed E-state index contributed by atoms with van der Waals surface area (Å²) < 4.78 is 10.6. The summed E-state index contributed by atoms with van der Waals surface area (Å²) in [5, 5.41) is 16.3. The van der Waals surface area contributed by atoms with E-state index in [0.717, 1.165) is 12.8 Å². The number of piperidine rings is 1. The molecule has 0 saturated carbocycles. The van der Waals surface area contributed by atoms with Crippen molar-refractivity contribution in [1.82, 2.24) is 20.4 Å². The number of likely N-dealkylation sites (tertiary alicyclic amines) is 1. The van der Waals surface area contributed by atoms with Crippen LogP contribution in [0.5, 0.6) is 0 Å². The number of nitrogens with one attached hydrogen (secondary N) is 1. The normalized spacial score (nSPS) is 23.0. The molecule has 0 spiro atoms. The van der Waals surface area contributed by atoms with E-state index in [0.29, 0.717) is 38.0 Å². The number of ether oxygens (including phenoxy) is 1. The van der Waals surface area contributed by atoms with Gasteiger partial charge in [-0.3, -0.25) is 0 Å². The van der Waals surface area contributed by atoms with E-state index in [4.69, 9.17) is 9.26 Å². The van der Waals surface area contributed by atoms with Gasteiger partial charge < -0.3 is 24.6 Å². The Kier molecular flexibility index (Phi) is 5.45. The van der Waals surface area contributed by atoms with Crippen LogP contribution in [0.3, 0.4) is 0 Å². The van der Waals surface area contributed by atoms with Gasteiger partial charge in [0.05, 0.1) is 5.92 Å². The van der Waals surface area contributed by atoms with Gasteiger partial charge in [0.1, 0.15) is 5.54 Å². The second kappa shape index (κ2) is 7.61. The van der Waals surface area contributed by atoms with Gasteiger partial charge >= 0.3 is 12.0 Å². The molecule has 3 rings (SSSR count). The van der Waals surface area contributed by atoms with Gasteiger partial charge in [0.15, 0.2) is 5.82 Å². The number of carboxylic acids is 1. The second-order valence-corrected chi connectivity index (χ2v) is 7.36. The number of nitrogens with zero attached hydrogens (tertiary/aromatic N) is 3. The fourth-order valence-corrected chi connectivity index (χ4v) is 3.41. The summed E-state index contributed by atoms with van der Waals surface area (Å²) in [5.74, 6) is 0.351. The van der Waals surface area contributed by atoms with E-state index >= 15 is 0 Å². The summed E-state index contributed by atoms with van der Waals surface area (Å²) in [5.41, 5.74) is -1.25. The van der Waals surface area contributed by atoms with Gasteiger partial charge in [-0.2, -0.15) is 4.98 Å². The second-order valence-electron chi connectivity index (χ2n) is 7.36. The smallest absolute Gasteiger partial charge is 0.329 e. The molecule has 0 unspecified atom stereocenters. The first-order valence-corrected chi connectivity index (χ1v) is 9.13. The summed E-state index contributed by atoms with van der Waals surface area (Å²) in [6.07, 6.45) is 2.21. The first-order chi connectivity index (χ1) is 12.4. The first-order valence-electron chi connectivity index (χ1n) is 9.13. The van der Waals surface area contributed by atoms with Gasteiger partial charge in [0, 0.05) is 45.1 Å². The molecule has 2 amide bonds. The fraction of sp³-hybridized carbons (Fsp3) is 0.765. The third kappa shape index (κ3) is 3.82. The number of hydrogen-bond acceptors (Lipinski definition) is 6. The van der Waals surface area contributed by atoms with Crippen LogP contribution in [-0.4, -0.2) is 64.0 Å². The monoisotopic (exact) mass is 366 g/mol. The zero-order valence-electron chi connectivity index (χ0n) is 15.2. The van der Waals surface area contributed by atoms with E-state index in [1.807, 2.05) is 13.8 Å². The number of rotatable bonds is 4. The van der Waals surface area contributed by atoms with Gasteiger partial charge in [-0.05, 0) is 12.8 Å². The topological polar surface area (TPSA) is 118 Å². The molecule has 0 aromatic carbocycles. The summed E-state index contributed by atoms with van der Waals surface area (Å²) in [4.78, 5) is 30.5. The van der Waals surface area contributed by atoms with E-state index in [1.165, 1.54) is 0 Å². The molecule has 9 heteroatoms. The van der Waals surface area contributed by atoms with Gasteiger partial charge in [-0.25, -0.2) is 9.59 Å². The van der Waals surface area contributed by atoms with Gasteiger partial charge in [0.25, 0.3) is 0 Å². The van der Waals surface area contributed by atoms with Crippen molar-refractivity contribution in [2.75, 3.05) is 26.3 Å². The minimum atomic E-state index is -1.25. The predicted molar refractivity (Wildman–Crippen MR) is 90.9 cm³/mol. The molecule has 26 heavy (non-hydrogen) atoms. The molecule has 2 aliphatic rings. The molecule has 0 radical (unpaired) electrons. The average Bonchev–Trinajstić information content (AvgIpc) is 3.13. The first kappa shape index (κ1) is 18.6. The minimum absolute atomic E-state index is 0.0232. The van der Waals surface area contributed by atoms with Crippen molar-refractivity contribution in [1.29, 1.82) is 0 Å². The number of carboxylic acid groups (broad SMARTS) is 1. The lowest BCUT2D eigenvalue weighted by molar-refractivity contribution is -0.148. The lowest BCUT2D eigenvalue weighted by Gasteiger charge is -2.37. The lowest BCUT2D eigenvalue weighted by atomic mass is 9.90. The molecule has 2 N–H and O–H groups in total. The number of hydrogen-bond donors (Lipinski definition) is 2. The van der Waals surface area contributed by atoms with Crippen LogP contribution >= 0.6 is 0 Å². The Hall–Kier alpha value is -2.16. The highest BCUT2D eigenvalue weighted by Gasteiger charge is 2.43. The molecule has 9 nitrogen and oxygen atoms in total. The van der Waals surface area contributed by atoms with Crippen molar-refractivity contribution in [3.8, 4) is 0 Å². The van der Waals surface area contributed by atoms with Crippen molar-refractivity contribution in [3.05, 3.63) is 11.7 Å². The Morgan fingerprint density at radius 1 is 1.35 bits per heavy atom. The highest BCUT2D eigenvalue weighted by molar-refractivity contribution is 5.86. The van der Waals surface area contributed by atoms with Crippen molar-refractivity contribution >= 4 is 12.0 Å². The van der Waals surface area contributed by atoms with Crippen LogP contribution in [0.15, 0.2) is 4.52 Å². The van der Waals surface area contributed by atoms with Crippen LogP contribution in [0.4, 0.5) is 4.79 Å². The molecule has 1 aromatic heterocycles. The Balaban J connectivity index is 1.66. The van der Waals surface area contributed by atoms with E-state index in [-0.39, 0.29) is 30.7 Å². The van der Waals surface area contributed by atoms with Gasteiger partial charge in [-0.1, -0.05) is 19.0 Å². The van der Waals surface area contributed by atoms with E-state index in [1.54, 1.807) is 4.90 Å². The molecular formula is C17H26N4O5. The van der Waals surface area contributed by atoms with Gasteiger partial charge in [0.2, 0.25) is 5.89 Å². The van der Waals surface area contributed by atoms with Crippen molar-refractivity contribution in [2.24, 2.45) is 0 Å². The summed E-state index contributed by atoms with van der Waals surface area (Å²) in [7, 11) is 0. The predicted octanol–water partition coefficient (Wildman–Crippen LogP) is 1.72. The Morgan fingerprint density at radius 2 is 2.08 bits per heavy atom. The highest BCUT2D eigenvalue weighted by atomic mass is 16.5. The standard InChI is InChI=1S/C17H26N4O5/c1-11(2)13-18-14(26-20-13)12-4-3-7-21(10-12)16(24)19-17(15(22)23)5-8-25-9-6-17/h11-12H,3-10H2,1-2H3,(H,19,24)(H,22,23)/t12-/m1/s1. The van der Waals surface area contributed by atoms with Crippen LogP contribution in [-0.2, 0) is 9.53 Å². The maximum absolute atomic E-state index is 12.7. The number of aliphatic carboxylic acids is 1. The van der Waals surface area contributed by atoms with Crippen LogP contribution < -0.4 is 5.32 Å². The van der Waals surface area contributed by atoms with Crippen molar-refractivity contribution < 1.29 is 24.0 Å². The largest absolute Gasteiger partial charge is 0.480 e. The molecule has 144 valence electrons. The van der Waals surface area contributed by atoms with E-state index in [9.17, 15) is 14.7 Å². The summed E-state index contributed by atoms with van der Waals surface area (Å²) in [6.45, 7) is 5.67. The number of carbonyl (C=O) groups excluding carboxylic acids is 1. The van der Waals surface area contributed by atoms with Crippen LogP contribution in [0.25, 0.3) is 0 Å². The minimum Gasteiger partial charge on any atom is -0.480 e. The third-order valence-corrected chi connectivity index (χ3v) is 5.13. The van der Waals surface area contributed by atoms with Crippen LogP contribution in [0.1, 0.15) is 63.1 Å². The molecule has 0 bridgehead atoms. The maximum Gasteiger partial charge on any atom is 0.329 e. The Bertz CT molecular complexity index is 653. The van der Waals surface area contributed by atoms with E-state index in [2.05, 4.69) is 15.5 Å². The quantitative estimate of drug-likeness (QED) is 0.833. The lowest BCUT2D eigenvalue weighted by Crippen LogP contribution is -2.61. The molecule has 1 aromatic rings. The number of amides is 2. The average molecular weight is 366 g/mol. The number of urea groups is 1. The molecule has 1 atom stereocenters. The molecule has 0 aliphatic carbocycles. The zero-order valence-corrected chi connectivity index (χ0v) is 15.2. The van der Waals surface area contributed by atoms with Crippen LogP contribution in [0, 0.1) is 0 Å². The zero-order chi connectivity index (χ0) is 18.7. The van der Waals surface area contributed by atoms with E-state index < -0.39 is 11.5 Å². The Morgan fingerprint density at radius 3 is 2.69 bits per heavy atom. The van der Waals surface area contributed by atoms with Crippen molar-refractivity contribution in [3.63, 3.8) is 0 Å². The summed E-state index contributed by atoms with van der Waals surface area (Å²) >= 11 is 0.